The molecule has 1 aliphatic heterocycles. The van der Waals surface area contributed by atoms with E-state index >= 15 is 0 Å². The summed E-state index contributed by atoms with van der Waals surface area (Å²) in [4.78, 5) is 2.51. The second kappa shape index (κ2) is 6.78. The number of likely N-dealkylation sites (tertiary alicyclic amines) is 1. The Hall–Kier alpha value is -0.0400. The number of rotatable bonds is 6. The summed E-state index contributed by atoms with van der Waals surface area (Å²) in [5.41, 5.74) is 0.651. The van der Waals surface area contributed by atoms with Gasteiger partial charge in [0.2, 0.25) is 0 Å². The fourth-order valence-corrected chi connectivity index (χ4v) is 4.17. The Morgan fingerprint density at radius 2 is 1.47 bits per heavy atom. The molecular weight excluding hydrogens is 206 g/mol. The first kappa shape index (κ1) is 15.0. The normalized spacial score (nSPS) is 22.9. The summed E-state index contributed by atoms with van der Waals surface area (Å²) in [6.45, 7) is 12.2. The first-order chi connectivity index (χ1) is 8.13. The Morgan fingerprint density at radius 1 is 0.941 bits per heavy atom. The van der Waals surface area contributed by atoms with Gasteiger partial charge in [-0.2, -0.15) is 0 Å². The molecule has 1 nitrogen and oxygen atoms in total. The van der Waals surface area contributed by atoms with Crippen LogP contribution in [0.1, 0.15) is 66.2 Å². The third kappa shape index (κ3) is 3.24. The molecule has 0 aromatic carbocycles. The molecule has 17 heavy (non-hydrogen) atoms. The Kier molecular flexibility index (Phi) is 5.99. The zero-order chi connectivity index (χ0) is 12.9. The predicted molar refractivity (Wildman–Crippen MR) is 77.3 cm³/mol. The van der Waals surface area contributed by atoms with Crippen molar-refractivity contribution in [3.63, 3.8) is 0 Å². The van der Waals surface area contributed by atoms with Crippen molar-refractivity contribution in [1.29, 1.82) is 0 Å². The molecule has 0 bridgehead atoms. The second-order valence-corrected chi connectivity index (χ2v) is 6.11. The highest BCUT2D eigenvalue weighted by Gasteiger charge is 2.40. The highest BCUT2D eigenvalue weighted by atomic mass is 15.1. The molecule has 0 spiro atoms. The van der Waals surface area contributed by atoms with Crippen LogP contribution in [0.2, 0.25) is 0 Å². The number of hydrogen-bond acceptors (Lipinski definition) is 1. The monoisotopic (exact) mass is 239 g/mol. The van der Waals surface area contributed by atoms with Crippen molar-refractivity contribution in [3.05, 3.63) is 0 Å². The van der Waals surface area contributed by atoms with Gasteiger partial charge in [0.1, 0.15) is 0 Å². The van der Waals surface area contributed by atoms with Crippen LogP contribution in [0.25, 0.3) is 0 Å². The first-order valence-electron chi connectivity index (χ1n) is 7.82. The van der Waals surface area contributed by atoms with Crippen LogP contribution in [0.4, 0.5) is 0 Å². The maximum atomic E-state index is 2.51. The average Bonchev–Trinajstić information content (AvgIpc) is 2.37. The average molecular weight is 239 g/mol. The van der Waals surface area contributed by atoms with Crippen LogP contribution in [-0.4, -0.2) is 25.0 Å². The van der Waals surface area contributed by atoms with E-state index in [0.29, 0.717) is 5.41 Å². The SMILES string of the molecule is CCC(CC)C(CC)C1(CC)CCN(C)CC1. The lowest BCUT2D eigenvalue weighted by Crippen LogP contribution is -2.44. The molecule has 1 rings (SSSR count). The Labute approximate surface area is 109 Å². The van der Waals surface area contributed by atoms with Crippen molar-refractivity contribution < 1.29 is 0 Å². The molecule has 0 amide bonds. The minimum absolute atomic E-state index is 0.651. The van der Waals surface area contributed by atoms with Gasteiger partial charge in [0.15, 0.2) is 0 Å². The minimum atomic E-state index is 0.651. The van der Waals surface area contributed by atoms with Gasteiger partial charge < -0.3 is 4.90 Å². The van der Waals surface area contributed by atoms with Gasteiger partial charge in [-0.05, 0) is 50.2 Å². The van der Waals surface area contributed by atoms with Crippen LogP contribution >= 0.6 is 0 Å². The lowest BCUT2D eigenvalue weighted by molar-refractivity contribution is 0.0170. The molecule has 1 heterocycles. The summed E-state index contributed by atoms with van der Waals surface area (Å²) in [5.74, 6) is 1.90. The van der Waals surface area contributed by atoms with Crippen molar-refractivity contribution in [3.8, 4) is 0 Å². The molecule has 0 aromatic heterocycles. The Bertz CT molecular complexity index is 200. The van der Waals surface area contributed by atoms with Gasteiger partial charge in [0.25, 0.3) is 0 Å². The molecule has 1 heteroatoms. The summed E-state index contributed by atoms with van der Waals surface area (Å²) in [6.07, 6.45) is 8.35. The van der Waals surface area contributed by atoms with Crippen molar-refractivity contribution in [2.24, 2.45) is 17.3 Å². The zero-order valence-electron chi connectivity index (χ0n) is 12.8. The summed E-state index contributed by atoms with van der Waals surface area (Å²) in [6, 6.07) is 0. The molecular formula is C16H33N. The number of piperidine rings is 1. The van der Waals surface area contributed by atoms with E-state index in [1.807, 2.05) is 0 Å². The standard InChI is InChI=1S/C16H33N/c1-6-14(7-2)15(8-3)16(9-4)10-12-17(5)13-11-16/h14-15H,6-13H2,1-5H3. The van der Waals surface area contributed by atoms with E-state index in [4.69, 9.17) is 0 Å². The summed E-state index contributed by atoms with van der Waals surface area (Å²) >= 11 is 0. The van der Waals surface area contributed by atoms with Crippen LogP contribution in [0.15, 0.2) is 0 Å². The highest BCUT2D eigenvalue weighted by Crippen LogP contribution is 2.48. The van der Waals surface area contributed by atoms with E-state index in [0.717, 1.165) is 11.8 Å². The lowest BCUT2D eigenvalue weighted by atomic mass is 9.61. The van der Waals surface area contributed by atoms with E-state index in [-0.39, 0.29) is 0 Å². The van der Waals surface area contributed by atoms with E-state index in [1.165, 1.54) is 51.6 Å². The molecule has 1 fully saturated rings. The highest BCUT2D eigenvalue weighted by molar-refractivity contribution is 4.91. The van der Waals surface area contributed by atoms with E-state index < -0.39 is 0 Å². The smallest absolute Gasteiger partial charge is 0.00164 e. The third-order valence-corrected chi connectivity index (χ3v) is 5.53. The number of nitrogens with zero attached hydrogens (tertiary/aromatic N) is 1. The van der Waals surface area contributed by atoms with Crippen molar-refractivity contribution in [2.75, 3.05) is 20.1 Å². The molecule has 1 atom stereocenters. The van der Waals surface area contributed by atoms with Crippen LogP contribution in [0.3, 0.4) is 0 Å². The molecule has 0 N–H and O–H groups in total. The molecule has 0 aromatic rings. The van der Waals surface area contributed by atoms with E-state index in [9.17, 15) is 0 Å². The zero-order valence-corrected chi connectivity index (χ0v) is 12.8. The summed E-state index contributed by atoms with van der Waals surface area (Å²) in [7, 11) is 2.28. The van der Waals surface area contributed by atoms with Gasteiger partial charge in [0, 0.05) is 0 Å². The van der Waals surface area contributed by atoms with Gasteiger partial charge in [-0.1, -0.05) is 53.4 Å². The second-order valence-electron chi connectivity index (χ2n) is 6.11. The van der Waals surface area contributed by atoms with E-state index in [1.54, 1.807) is 0 Å². The summed E-state index contributed by atoms with van der Waals surface area (Å²) < 4.78 is 0. The maximum Gasteiger partial charge on any atom is -0.00164 e. The van der Waals surface area contributed by atoms with Crippen LogP contribution in [0.5, 0.6) is 0 Å². The van der Waals surface area contributed by atoms with Gasteiger partial charge in [-0.3, -0.25) is 0 Å². The Balaban J connectivity index is 2.81. The van der Waals surface area contributed by atoms with Crippen molar-refractivity contribution in [2.45, 2.75) is 66.2 Å². The predicted octanol–water partition coefficient (Wildman–Crippen LogP) is 4.57. The van der Waals surface area contributed by atoms with E-state index in [2.05, 4.69) is 39.6 Å². The number of hydrogen-bond donors (Lipinski definition) is 0. The van der Waals surface area contributed by atoms with Crippen LogP contribution in [0, 0.1) is 17.3 Å². The molecule has 0 saturated carbocycles. The van der Waals surface area contributed by atoms with Crippen molar-refractivity contribution >= 4 is 0 Å². The molecule has 0 aliphatic carbocycles. The molecule has 102 valence electrons. The lowest BCUT2D eigenvalue weighted by Gasteiger charge is -2.48. The molecule has 0 radical (unpaired) electrons. The van der Waals surface area contributed by atoms with Gasteiger partial charge in [-0.25, -0.2) is 0 Å². The van der Waals surface area contributed by atoms with Crippen LogP contribution in [-0.2, 0) is 0 Å². The fourth-order valence-electron chi connectivity index (χ4n) is 4.17. The molecule has 1 saturated heterocycles. The molecule has 1 aliphatic rings. The largest absolute Gasteiger partial charge is 0.306 e. The van der Waals surface area contributed by atoms with Gasteiger partial charge >= 0.3 is 0 Å². The maximum absolute atomic E-state index is 2.51. The van der Waals surface area contributed by atoms with Crippen molar-refractivity contribution in [1.82, 2.24) is 4.90 Å². The van der Waals surface area contributed by atoms with Crippen LogP contribution < -0.4 is 0 Å². The molecule has 1 unspecified atom stereocenters. The minimum Gasteiger partial charge on any atom is -0.306 e. The van der Waals surface area contributed by atoms with Gasteiger partial charge in [-0.15, -0.1) is 0 Å². The quantitative estimate of drug-likeness (QED) is 0.656. The summed E-state index contributed by atoms with van der Waals surface area (Å²) in [5, 5.41) is 0. The topological polar surface area (TPSA) is 3.24 Å². The first-order valence-corrected chi connectivity index (χ1v) is 7.82. The third-order valence-electron chi connectivity index (χ3n) is 5.53. The Morgan fingerprint density at radius 3 is 1.82 bits per heavy atom. The fraction of sp³-hybridized carbons (Fsp3) is 1.00. The van der Waals surface area contributed by atoms with Gasteiger partial charge in [0.05, 0.1) is 0 Å².